The van der Waals surface area contributed by atoms with E-state index in [-0.39, 0.29) is 42.0 Å². The number of ketones is 1. The molecule has 1 unspecified atom stereocenters. The number of aldehydes is 1. The Hall–Kier alpha value is -4.53. The van der Waals surface area contributed by atoms with Gasteiger partial charge in [-0.05, 0) is 38.2 Å². The molecule has 236 valence electrons. The van der Waals surface area contributed by atoms with Crippen LogP contribution in [0.25, 0.3) is 0 Å². The molecule has 0 saturated heterocycles. The number of hydrogen-bond donors (Lipinski definition) is 7. The Morgan fingerprint density at radius 3 is 2.52 bits per heavy atom. The topological polar surface area (TPSA) is 246 Å². The van der Waals surface area contributed by atoms with Gasteiger partial charge in [0.05, 0.1) is 37.0 Å². The maximum absolute atomic E-state index is 13.5. The molecule has 44 heavy (non-hydrogen) atoms. The fourth-order valence-corrected chi connectivity index (χ4v) is 6.49. The average Bonchev–Trinajstić information content (AvgIpc) is 2.97. The molecule has 0 aromatic heterocycles. The zero-order valence-corrected chi connectivity index (χ0v) is 24.0. The number of carbonyl (C=O) groups excluding carboxylic acids is 5. The molecule has 0 spiro atoms. The number of aliphatic hydroxyl groups is 4. The SMILES string of the molecule is CCOC(=O)C(Nc1ccc2c(c1O)CC1=C(O)[C@@]3(O)C(=O)C(C(N)=O)=C(O)[C@@H](N(C)C)[C@H]3[C@H](O)[C@H]1[C@@H]2C=O)OCC=C=O. The van der Waals surface area contributed by atoms with Crippen molar-refractivity contribution in [1.82, 2.24) is 4.90 Å². The molecule has 1 amide bonds. The maximum Gasteiger partial charge on any atom is 0.356 e. The van der Waals surface area contributed by atoms with Gasteiger partial charge in [0.1, 0.15) is 35.1 Å². The van der Waals surface area contributed by atoms with Gasteiger partial charge in [-0.15, -0.1) is 0 Å². The number of fused-ring (bicyclic) bond motifs is 3. The van der Waals surface area contributed by atoms with E-state index in [0.717, 1.165) is 6.08 Å². The second-order valence-electron chi connectivity index (χ2n) is 10.8. The Morgan fingerprint density at radius 1 is 1.27 bits per heavy atom. The first-order chi connectivity index (χ1) is 20.8. The third-order valence-electron chi connectivity index (χ3n) is 8.33. The minimum absolute atomic E-state index is 0.0000409. The predicted molar refractivity (Wildman–Crippen MR) is 150 cm³/mol. The number of esters is 1. The van der Waals surface area contributed by atoms with E-state index in [1.807, 2.05) is 0 Å². The first-order valence-corrected chi connectivity index (χ1v) is 13.6. The number of rotatable bonds is 10. The lowest BCUT2D eigenvalue weighted by molar-refractivity contribution is -0.163. The lowest BCUT2D eigenvalue weighted by atomic mass is 9.55. The zero-order chi connectivity index (χ0) is 32.7. The smallest absolute Gasteiger partial charge is 0.356 e. The highest BCUT2D eigenvalue weighted by molar-refractivity contribution is 6.24. The summed E-state index contributed by atoms with van der Waals surface area (Å²) in [4.78, 5) is 62.5. The molecule has 4 rings (SSSR count). The quantitative estimate of drug-likeness (QED) is 0.0412. The molecule has 0 heterocycles. The Bertz CT molecular complexity index is 1510. The highest BCUT2D eigenvalue weighted by atomic mass is 16.6. The minimum atomic E-state index is -2.93. The van der Waals surface area contributed by atoms with Crippen molar-refractivity contribution in [3.8, 4) is 5.75 Å². The third kappa shape index (κ3) is 4.94. The van der Waals surface area contributed by atoms with E-state index in [2.05, 4.69) is 5.32 Å². The first kappa shape index (κ1) is 32.4. The second kappa shape index (κ2) is 12.2. The monoisotopic (exact) mass is 615 g/mol. The van der Waals surface area contributed by atoms with Crippen molar-refractivity contribution >= 4 is 35.6 Å². The number of likely N-dealkylation sites (N-methyl/N-ethyl adjacent to an activating group) is 1. The minimum Gasteiger partial charge on any atom is -0.510 e. The van der Waals surface area contributed by atoms with Crippen LogP contribution >= 0.6 is 0 Å². The van der Waals surface area contributed by atoms with Crippen LogP contribution in [0.1, 0.15) is 24.0 Å². The van der Waals surface area contributed by atoms with E-state index in [1.54, 1.807) is 6.92 Å². The van der Waals surface area contributed by atoms with Crippen LogP contribution < -0.4 is 11.1 Å². The predicted octanol–water partition coefficient (Wildman–Crippen LogP) is -1.10. The number of anilines is 1. The van der Waals surface area contributed by atoms with Gasteiger partial charge >= 0.3 is 5.97 Å². The van der Waals surface area contributed by atoms with Crippen LogP contribution in [0.4, 0.5) is 5.69 Å². The van der Waals surface area contributed by atoms with Gasteiger partial charge in [0.15, 0.2) is 5.60 Å². The number of phenolic OH excluding ortho intramolecular Hbond substituents is 1. The van der Waals surface area contributed by atoms with Gasteiger partial charge in [0.2, 0.25) is 12.0 Å². The molecule has 0 fully saturated rings. The van der Waals surface area contributed by atoms with Gasteiger partial charge in [-0.3, -0.25) is 14.5 Å². The molecule has 1 aromatic carbocycles. The summed E-state index contributed by atoms with van der Waals surface area (Å²) in [5, 5.41) is 59.8. The summed E-state index contributed by atoms with van der Waals surface area (Å²) in [7, 11) is 2.89. The number of benzene rings is 1. The van der Waals surface area contributed by atoms with Gasteiger partial charge in [-0.25, -0.2) is 9.59 Å². The first-order valence-electron chi connectivity index (χ1n) is 13.6. The number of Topliss-reactive ketones (excluding diaryl/α,β-unsaturated/α-hetero) is 1. The molecule has 0 saturated carbocycles. The number of ether oxygens (including phenoxy) is 2. The van der Waals surface area contributed by atoms with Crippen LogP contribution in [0.15, 0.2) is 40.9 Å². The van der Waals surface area contributed by atoms with Gasteiger partial charge in [0.25, 0.3) is 5.91 Å². The summed E-state index contributed by atoms with van der Waals surface area (Å²) in [6.07, 6.45) is -2.14. The number of nitrogens with zero attached hydrogens (tertiary/aromatic N) is 1. The van der Waals surface area contributed by atoms with Crippen LogP contribution in [0.5, 0.6) is 5.75 Å². The summed E-state index contributed by atoms with van der Waals surface area (Å²) < 4.78 is 10.3. The number of primary amides is 1. The lowest BCUT2D eigenvalue weighted by Crippen LogP contribution is -2.68. The summed E-state index contributed by atoms with van der Waals surface area (Å²) >= 11 is 0. The maximum atomic E-state index is 13.5. The van der Waals surface area contributed by atoms with Crippen LogP contribution in [0, 0.1) is 11.8 Å². The van der Waals surface area contributed by atoms with E-state index in [0.29, 0.717) is 6.29 Å². The number of amides is 1. The van der Waals surface area contributed by atoms with Gasteiger partial charge in [-0.2, -0.15) is 0 Å². The molecule has 0 bridgehead atoms. The summed E-state index contributed by atoms with van der Waals surface area (Å²) in [5.74, 6) is -8.47. The van der Waals surface area contributed by atoms with E-state index in [4.69, 9.17) is 15.2 Å². The van der Waals surface area contributed by atoms with E-state index in [1.165, 1.54) is 37.1 Å². The van der Waals surface area contributed by atoms with Crippen molar-refractivity contribution in [3.05, 3.63) is 52.0 Å². The van der Waals surface area contributed by atoms with E-state index < -0.39 is 82.2 Å². The Kier molecular flexibility index (Phi) is 9.00. The van der Waals surface area contributed by atoms with Gasteiger partial charge in [-0.1, -0.05) is 6.07 Å². The normalized spacial score (nSPS) is 28.3. The highest BCUT2D eigenvalue weighted by Crippen LogP contribution is 2.55. The third-order valence-corrected chi connectivity index (χ3v) is 8.33. The van der Waals surface area contributed by atoms with Crippen LogP contribution in [-0.2, 0) is 39.9 Å². The molecule has 15 heteroatoms. The van der Waals surface area contributed by atoms with Crippen LogP contribution in [0.2, 0.25) is 0 Å². The summed E-state index contributed by atoms with van der Waals surface area (Å²) in [5.41, 5.74) is 1.52. The molecule has 0 radical (unpaired) electrons. The molecule has 0 aliphatic heterocycles. The highest BCUT2D eigenvalue weighted by Gasteiger charge is 2.66. The number of phenols is 1. The Balaban J connectivity index is 1.86. The van der Waals surface area contributed by atoms with E-state index in [9.17, 15) is 49.5 Å². The van der Waals surface area contributed by atoms with Crippen LogP contribution in [-0.4, -0.2) is 112 Å². The zero-order valence-electron chi connectivity index (χ0n) is 24.0. The summed E-state index contributed by atoms with van der Waals surface area (Å²) in [6, 6.07) is 1.42. The number of nitrogens with one attached hydrogen (secondary N) is 1. The van der Waals surface area contributed by atoms with Crippen molar-refractivity contribution in [3.63, 3.8) is 0 Å². The Morgan fingerprint density at radius 2 is 1.95 bits per heavy atom. The van der Waals surface area contributed by atoms with Gasteiger partial charge in [0, 0.05) is 29.9 Å². The molecule has 7 atom stereocenters. The van der Waals surface area contributed by atoms with Crippen molar-refractivity contribution in [1.29, 1.82) is 0 Å². The molecule has 8 N–H and O–H groups in total. The number of aromatic hydroxyl groups is 1. The van der Waals surface area contributed by atoms with E-state index >= 15 is 0 Å². The fraction of sp³-hybridized carbons (Fsp3) is 0.448. The molecular weight excluding hydrogens is 582 g/mol. The number of hydrogen-bond acceptors (Lipinski definition) is 14. The molecule has 15 nitrogen and oxygen atoms in total. The number of aliphatic hydroxyl groups excluding tert-OH is 3. The van der Waals surface area contributed by atoms with Crippen molar-refractivity contribution in [2.45, 2.75) is 43.2 Å². The fourth-order valence-electron chi connectivity index (χ4n) is 6.49. The number of nitrogens with two attached hydrogens (primary N) is 1. The second-order valence-corrected chi connectivity index (χ2v) is 10.8. The van der Waals surface area contributed by atoms with Gasteiger partial charge < -0.3 is 50.9 Å². The molecule has 3 aliphatic rings. The van der Waals surface area contributed by atoms with Crippen molar-refractivity contribution in [2.24, 2.45) is 17.6 Å². The lowest BCUT2D eigenvalue weighted by Gasteiger charge is -2.53. The average molecular weight is 616 g/mol. The summed E-state index contributed by atoms with van der Waals surface area (Å²) in [6.45, 7) is 1.24. The molecule has 3 aliphatic carbocycles. The van der Waals surface area contributed by atoms with Crippen molar-refractivity contribution in [2.75, 3.05) is 32.6 Å². The largest absolute Gasteiger partial charge is 0.510 e. The molecular formula is C29H33N3O12. The standard InChI is InChI=1S/C29H33N3O12/c1-4-43-28(41)27(44-9-5-8-33)31-16-7-6-12-13(21(16)35)10-14-17(15(12)11-34)22(36)19-20(32(2)3)23(37)18(26(30)40)25(39)29(19,42)24(14)38/h5-7,11,15,17,19-20,22,27,31,35-38,42H,4,9-10H2,1-3H3,(H2,30,40)/t15-,17-,19+,20+,22-,27?,29-/m1/s1. The van der Waals surface area contributed by atoms with Crippen LogP contribution in [0.3, 0.4) is 0 Å². The Labute approximate surface area is 250 Å². The number of carbonyl (C=O) groups is 4. The molecule has 1 aromatic rings. The van der Waals surface area contributed by atoms with Crippen molar-refractivity contribution < 1.29 is 59.0 Å².